The van der Waals surface area contributed by atoms with Gasteiger partial charge in [0.1, 0.15) is 23.3 Å². The highest BCUT2D eigenvalue weighted by Crippen LogP contribution is 2.28. The lowest BCUT2D eigenvalue weighted by Gasteiger charge is -2.04. The van der Waals surface area contributed by atoms with Gasteiger partial charge < -0.3 is 15.0 Å². The van der Waals surface area contributed by atoms with Crippen LogP contribution in [0.25, 0.3) is 49.8 Å². The molecule has 12 rings (SSSR count). The standard InChI is InChI=1S/2C21H19N3O.C20H16FN3O/c1-14-5-4-6-15(13-14)18-11-9-16(22-18)10-12-20-23-19-8-3-2-7-17(19)21(25)24-20;1-14-6-2-3-7-16(14)19-12-10-15(22-19)11-13-20-23-18-9-5-4-8-17(18)21(25)24-20;21-14-7-5-13(6-8-14)17-11-9-15(22-17)10-12-19-23-18-4-2-1-3-16(18)20(25)24-19/h2-8,11,13H,9-10,12H2,1H3,(H,23,24,25);2-9,12H,10-11,13H2,1H3,(H,23,24,25);1-8,11H,9-10,12H2,(H,23,24,25). The first-order chi connectivity index (χ1) is 36.6. The monoisotopic (exact) mass is 991 g/mol. The normalized spacial score (nSPS) is 13.8. The Bertz CT molecular complexity index is 3990. The smallest absolute Gasteiger partial charge is 0.258 e. The average Bonchev–Trinajstić information content (AvgIpc) is 4.23. The van der Waals surface area contributed by atoms with E-state index in [2.05, 4.69) is 97.3 Å². The molecular weight excluding hydrogens is 938 g/mol. The Morgan fingerprint density at radius 1 is 0.427 bits per heavy atom. The first-order valence-corrected chi connectivity index (χ1v) is 25.2. The summed E-state index contributed by atoms with van der Waals surface area (Å²) >= 11 is 0. The van der Waals surface area contributed by atoms with Crippen LogP contribution in [0, 0.1) is 19.7 Å². The van der Waals surface area contributed by atoms with Gasteiger partial charge in [-0.1, -0.05) is 103 Å². The molecule has 0 radical (unpaired) electrons. The quantitative estimate of drug-likeness (QED) is 0.110. The fourth-order valence-corrected chi connectivity index (χ4v) is 9.27. The highest BCUT2D eigenvalue weighted by molar-refractivity contribution is 5.97. The van der Waals surface area contributed by atoms with Crippen LogP contribution in [-0.4, -0.2) is 47.0 Å². The number of aromatic nitrogens is 6. The van der Waals surface area contributed by atoms with Gasteiger partial charge in [0.25, 0.3) is 16.7 Å². The van der Waals surface area contributed by atoms with Crippen LogP contribution >= 0.6 is 0 Å². The molecule has 3 aliphatic rings. The third-order valence-electron chi connectivity index (χ3n) is 13.2. The second kappa shape index (κ2) is 22.8. The molecule has 0 saturated carbocycles. The molecule has 0 spiro atoms. The van der Waals surface area contributed by atoms with Crippen molar-refractivity contribution in [2.24, 2.45) is 15.0 Å². The van der Waals surface area contributed by atoms with Crippen molar-refractivity contribution in [3.8, 4) is 0 Å². The Morgan fingerprint density at radius 3 is 1.31 bits per heavy atom. The molecule has 3 aromatic heterocycles. The highest BCUT2D eigenvalue weighted by Gasteiger charge is 2.16. The third-order valence-corrected chi connectivity index (χ3v) is 13.2. The van der Waals surface area contributed by atoms with Gasteiger partial charge in [-0.05, 0) is 111 Å². The molecule has 0 saturated heterocycles. The lowest BCUT2D eigenvalue weighted by Crippen LogP contribution is -2.12. The number of hydrogen-bond acceptors (Lipinski definition) is 9. The fourth-order valence-electron chi connectivity index (χ4n) is 9.27. The molecule has 0 fully saturated rings. The van der Waals surface area contributed by atoms with Crippen molar-refractivity contribution in [2.45, 2.75) is 71.6 Å². The van der Waals surface area contributed by atoms with E-state index in [1.54, 1.807) is 30.3 Å². The topological polar surface area (TPSA) is 174 Å². The van der Waals surface area contributed by atoms with Crippen LogP contribution < -0.4 is 16.7 Å². The molecule has 0 aliphatic carbocycles. The predicted molar refractivity (Wildman–Crippen MR) is 301 cm³/mol. The summed E-state index contributed by atoms with van der Waals surface area (Å²) in [6.45, 7) is 4.19. The number of aromatic amines is 3. The van der Waals surface area contributed by atoms with Gasteiger partial charge in [-0.25, -0.2) is 19.3 Å². The van der Waals surface area contributed by atoms with Crippen LogP contribution in [0.3, 0.4) is 0 Å². The lowest BCUT2D eigenvalue weighted by atomic mass is 10.1. The number of rotatable bonds is 12. The van der Waals surface area contributed by atoms with E-state index in [1.807, 2.05) is 72.8 Å². The fraction of sp³-hybridized carbons (Fsp3) is 0.177. The zero-order valence-corrected chi connectivity index (χ0v) is 41.7. The molecule has 6 heterocycles. The minimum absolute atomic E-state index is 0.0762. The Kier molecular flexibility index (Phi) is 15.0. The molecule has 3 aliphatic heterocycles. The number of allylic oxidation sites excluding steroid dienone is 3. The van der Waals surface area contributed by atoms with Crippen molar-refractivity contribution in [3.05, 3.63) is 246 Å². The molecule has 12 nitrogen and oxygen atoms in total. The van der Waals surface area contributed by atoms with Crippen LogP contribution in [0.4, 0.5) is 4.39 Å². The van der Waals surface area contributed by atoms with Crippen molar-refractivity contribution >= 4 is 66.9 Å². The van der Waals surface area contributed by atoms with Crippen molar-refractivity contribution in [2.75, 3.05) is 0 Å². The van der Waals surface area contributed by atoms with Crippen LogP contribution in [-0.2, 0) is 19.3 Å². The number of nitrogens with zero attached hydrogens (tertiary/aromatic N) is 6. The molecule has 372 valence electrons. The minimum atomic E-state index is -0.252. The largest absolute Gasteiger partial charge is 0.310 e. The van der Waals surface area contributed by atoms with E-state index in [4.69, 9.17) is 9.98 Å². The molecule has 0 atom stereocenters. The van der Waals surface area contributed by atoms with Gasteiger partial charge in [-0.3, -0.25) is 29.4 Å². The van der Waals surface area contributed by atoms with E-state index < -0.39 is 0 Å². The lowest BCUT2D eigenvalue weighted by molar-refractivity contribution is 0.627. The summed E-state index contributed by atoms with van der Waals surface area (Å²) in [5.41, 5.74) is 13.9. The SMILES string of the molecule is Cc1cccc(C2=CCC(CCc3nc4ccccc4c(=O)[nH]3)=N2)c1.Cc1ccccc1C1=CCC(CCc2nc3ccccc3c(=O)[nH]2)=N1.O=c1[nH]c(CCC2=NC(c3ccc(F)cc3)=CC2)nc2ccccc12. The number of fused-ring (bicyclic) bond motifs is 3. The second-order valence-electron chi connectivity index (χ2n) is 18.7. The number of H-pyrrole nitrogens is 3. The Hall–Kier alpha value is -9.10. The Labute approximate surface area is 432 Å². The Balaban J connectivity index is 0.000000128. The number of benzene rings is 6. The summed E-state index contributed by atoms with van der Waals surface area (Å²) < 4.78 is 13.0. The maximum atomic E-state index is 13.0. The van der Waals surface area contributed by atoms with Gasteiger partial charge in [0.2, 0.25) is 0 Å². The molecule has 13 heteroatoms. The second-order valence-corrected chi connectivity index (χ2v) is 18.7. The number of para-hydroxylation sites is 3. The first-order valence-electron chi connectivity index (χ1n) is 25.2. The number of aliphatic imine (C=N–C) groups is 3. The molecular formula is C62H54FN9O3. The zero-order chi connectivity index (χ0) is 51.7. The van der Waals surface area contributed by atoms with Gasteiger partial charge in [-0.15, -0.1) is 0 Å². The molecule has 0 amide bonds. The van der Waals surface area contributed by atoms with Crippen molar-refractivity contribution in [3.63, 3.8) is 0 Å². The van der Waals surface area contributed by atoms with E-state index >= 15 is 0 Å². The third kappa shape index (κ3) is 12.2. The number of nitrogens with one attached hydrogen (secondary N) is 3. The van der Waals surface area contributed by atoms with Crippen molar-refractivity contribution in [1.82, 2.24) is 29.9 Å². The molecule has 3 N–H and O–H groups in total. The molecule has 75 heavy (non-hydrogen) atoms. The Morgan fingerprint density at radius 2 is 0.840 bits per heavy atom. The summed E-state index contributed by atoms with van der Waals surface area (Å²) in [7, 11) is 0. The van der Waals surface area contributed by atoms with Crippen LogP contribution in [0.2, 0.25) is 0 Å². The summed E-state index contributed by atoms with van der Waals surface area (Å²) in [5.74, 6) is 1.85. The number of hydrogen-bond donors (Lipinski definition) is 3. The molecule has 9 aromatic rings. The van der Waals surface area contributed by atoms with E-state index in [9.17, 15) is 18.8 Å². The van der Waals surface area contributed by atoms with Gasteiger partial charge >= 0.3 is 0 Å². The summed E-state index contributed by atoms with van der Waals surface area (Å²) in [6, 6.07) is 45.2. The molecule has 0 unspecified atom stereocenters. The number of halogens is 1. The summed E-state index contributed by atoms with van der Waals surface area (Å²) in [5, 5.41) is 1.87. The zero-order valence-electron chi connectivity index (χ0n) is 41.7. The maximum absolute atomic E-state index is 13.0. The summed E-state index contributed by atoms with van der Waals surface area (Å²) in [6.07, 6.45) is 13.2. The van der Waals surface area contributed by atoms with Gasteiger partial charge in [0.15, 0.2) is 0 Å². The maximum Gasteiger partial charge on any atom is 0.258 e. The predicted octanol–water partition coefficient (Wildman–Crippen LogP) is 12.0. The highest BCUT2D eigenvalue weighted by atomic mass is 19.1. The van der Waals surface area contributed by atoms with Gasteiger partial charge in [0.05, 0.1) is 49.8 Å². The first kappa shape index (κ1) is 49.5. The van der Waals surface area contributed by atoms with Crippen molar-refractivity contribution < 1.29 is 4.39 Å². The van der Waals surface area contributed by atoms with Gasteiger partial charge in [0, 0.05) is 66.8 Å². The van der Waals surface area contributed by atoms with E-state index in [-0.39, 0.29) is 22.5 Å². The van der Waals surface area contributed by atoms with Crippen LogP contribution in [0.15, 0.2) is 193 Å². The van der Waals surface area contributed by atoms with Crippen LogP contribution in [0.1, 0.15) is 83.8 Å². The van der Waals surface area contributed by atoms with Gasteiger partial charge in [-0.2, -0.15) is 0 Å². The minimum Gasteiger partial charge on any atom is -0.310 e. The van der Waals surface area contributed by atoms with E-state index in [0.717, 1.165) is 107 Å². The molecule has 6 aromatic carbocycles. The van der Waals surface area contributed by atoms with E-state index in [1.165, 1.54) is 28.8 Å². The van der Waals surface area contributed by atoms with Crippen LogP contribution in [0.5, 0.6) is 0 Å². The average molecular weight is 992 g/mol. The van der Waals surface area contributed by atoms with E-state index in [0.29, 0.717) is 46.8 Å². The molecule has 0 bridgehead atoms. The van der Waals surface area contributed by atoms with Crippen molar-refractivity contribution in [1.29, 1.82) is 0 Å². The summed E-state index contributed by atoms with van der Waals surface area (Å²) in [4.78, 5) is 72.8. The number of aryl methyl sites for hydroxylation is 5.